The minimum absolute atomic E-state index is 0.0183. The molecule has 1 unspecified atom stereocenters. The SMILES string of the molecule is Cc1nc(C(C)(F)F)ccc1S(=O)N1CC2(CC(=O)C2)C1. The summed E-state index contributed by atoms with van der Waals surface area (Å²) in [5, 5.41) is 0. The first-order chi connectivity index (χ1) is 9.70. The lowest BCUT2D eigenvalue weighted by Gasteiger charge is -2.53. The van der Waals surface area contributed by atoms with E-state index in [1.807, 2.05) is 0 Å². The average Bonchev–Trinajstić information content (AvgIpc) is 2.29. The number of halogens is 2. The molecular formula is C14H16F2N2O2S. The van der Waals surface area contributed by atoms with Crippen molar-refractivity contribution in [3.05, 3.63) is 23.5 Å². The Bertz CT molecular complexity index is 626. The number of Topliss-reactive ketones (excluding diaryl/α,β-unsaturated/α-hetero) is 1. The molecular weight excluding hydrogens is 298 g/mol. The lowest BCUT2D eigenvalue weighted by Crippen LogP contribution is -2.62. The molecule has 7 heteroatoms. The van der Waals surface area contributed by atoms with Crippen LogP contribution >= 0.6 is 0 Å². The maximum Gasteiger partial charge on any atom is 0.286 e. The number of aryl methyl sites for hydroxylation is 1. The first-order valence-electron chi connectivity index (χ1n) is 6.75. The molecule has 1 aliphatic carbocycles. The minimum Gasteiger partial charge on any atom is -0.300 e. The first kappa shape index (κ1) is 14.7. The van der Waals surface area contributed by atoms with Crippen LogP contribution in [0.3, 0.4) is 0 Å². The van der Waals surface area contributed by atoms with Gasteiger partial charge in [-0.15, -0.1) is 0 Å². The number of nitrogens with zero attached hydrogens (tertiary/aromatic N) is 2. The molecule has 1 aromatic rings. The highest BCUT2D eigenvalue weighted by Gasteiger charge is 2.53. The smallest absolute Gasteiger partial charge is 0.286 e. The van der Waals surface area contributed by atoms with Crippen molar-refractivity contribution in [1.29, 1.82) is 0 Å². The molecule has 0 radical (unpaired) electrons. The van der Waals surface area contributed by atoms with E-state index in [9.17, 15) is 17.8 Å². The molecule has 0 aromatic carbocycles. The van der Waals surface area contributed by atoms with E-state index in [0.717, 1.165) is 6.92 Å². The zero-order valence-electron chi connectivity index (χ0n) is 11.9. The van der Waals surface area contributed by atoms with Crippen LogP contribution in [0.4, 0.5) is 8.78 Å². The molecule has 2 heterocycles. The van der Waals surface area contributed by atoms with Crippen LogP contribution in [0.1, 0.15) is 31.2 Å². The van der Waals surface area contributed by atoms with Gasteiger partial charge in [-0.05, 0) is 19.1 Å². The van der Waals surface area contributed by atoms with Gasteiger partial charge in [0.05, 0.1) is 10.6 Å². The highest BCUT2D eigenvalue weighted by Crippen LogP contribution is 2.47. The van der Waals surface area contributed by atoms with Gasteiger partial charge >= 0.3 is 0 Å². The van der Waals surface area contributed by atoms with Gasteiger partial charge in [-0.2, -0.15) is 8.78 Å². The van der Waals surface area contributed by atoms with E-state index >= 15 is 0 Å². The quantitative estimate of drug-likeness (QED) is 0.859. The predicted molar refractivity (Wildman–Crippen MR) is 73.2 cm³/mol. The lowest BCUT2D eigenvalue weighted by atomic mass is 9.64. The standard InChI is InChI=1S/C14H16F2N2O2S/c1-9-11(3-4-12(17-9)13(2,15)16)21(20)18-7-14(8-18)5-10(19)6-14/h3-4H,5-8H2,1-2H3. The van der Waals surface area contributed by atoms with Crippen molar-refractivity contribution < 1.29 is 17.8 Å². The van der Waals surface area contributed by atoms with Crippen LogP contribution in [0, 0.1) is 12.3 Å². The summed E-state index contributed by atoms with van der Waals surface area (Å²) in [7, 11) is -1.40. The largest absolute Gasteiger partial charge is 0.300 e. The molecule has 1 aliphatic heterocycles. The zero-order chi connectivity index (χ0) is 15.4. The molecule has 2 fully saturated rings. The molecule has 1 spiro atoms. The molecule has 1 saturated carbocycles. The van der Waals surface area contributed by atoms with E-state index in [2.05, 4.69) is 4.98 Å². The van der Waals surface area contributed by atoms with Crippen molar-refractivity contribution in [2.24, 2.45) is 5.41 Å². The van der Waals surface area contributed by atoms with Crippen LogP contribution < -0.4 is 0 Å². The monoisotopic (exact) mass is 314 g/mol. The molecule has 1 atom stereocenters. The Kier molecular flexibility index (Phi) is 3.25. The topological polar surface area (TPSA) is 50.3 Å². The number of carbonyl (C=O) groups is 1. The fourth-order valence-electron chi connectivity index (χ4n) is 2.94. The Morgan fingerprint density at radius 2 is 1.95 bits per heavy atom. The number of rotatable bonds is 3. The van der Waals surface area contributed by atoms with Gasteiger partial charge in [0.15, 0.2) is 0 Å². The molecule has 4 nitrogen and oxygen atoms in total. The van der Waals surface area contributed by atoms with E-state index < -0.39 is 16.9 Å². The summed E-state index contributed by atoms with van der Waals surface area (Å²) >= 11 is 0. The van der Waals surface area contributed by atoms with Gasteiger partial charge in [0.25, 0.3) is 5.92 Å². The first-order valence-corrected chi connectivity index (χ1v) is 7.85. The summed E-state index contributed by atoms with van der Waals surface area (Å²) in [6, 6.07) is 2.69. The van der Waals surface area contributed by atoms with Crippen LogP contribution in [-0.4, -0.2) is 32.4 Å². The second-order valence-corrected chi connectivity index (χ2v) is 7.56. The Morgan fingerprint density at radius 3 is 2.43 bits per heavy atom. The summed E-state index contributed by atoms with van der Waals surface area (Å²) in [5.41, 5.74) is 0.0631. The number of carbonyl (C=O) groups excluding carboxylic acids is 1. The van der Waals surface area contributed by atoms with E-state index in [-0.39, 0.29) is 16.9 Å². The number of ketones is 1. The summed E-state index contributed by atoms with van der Waals surface area (Å²) in [4.78, 5) is 15.4. The van der Waals surface area contributed by atoms with Gasteiger partial charge in [0.2, 0.25) is 0 Å². The van der Waals surface area contributed by atoms with Crippen molar-refractivity contribution in [3.8, 4) is 0 Å². The van der Waals surface area contributed by atoms with E-state index in [1.165, 1.54) is 12.1 Å². The maximum absolute atomic E-state index is 13.2. The van der Waals surface area contributed by atoms with E-state index in [1.54, 1.807) is 11.2 Å². The second kappa shape index (κ2) is 4.64. The molecule has 3 rings (SSSR count). The summed E-state index contributed by atoms with van der Waals surface area (Å²) in [6.45, 7) is 3.62. The van der Waals surface area contributed by atoms with Gasteiger partial charge in [0.1, 0.15) is 22.5 Å². The van der Waals surface area contributed by atoms with Crippen molar-refractivity contribution in [2.75, 3.05) is 13.1 Å². The van der Waals surface area contributed by atoms with Crippen molar-refractivity contribution in [1.82, 2.24) is 9.29 Å². The Morgan fingerprint density at radius 1 is 1.33 bits per heavy atom. The van der Waals surface area contributed by atoms with Crippen LogP contribution in [0.25, 0.3) is 0 Å². The molecule has 114 valence electrons. The molecule has 2 aliphatic rings. The zero-order valence-corrected chi connectivity index (χ0v) is 12.7. The number of hydrogen-bond acceptors (Lipinski definition) is 3. The third-order valence-electron chi connectivity index (χ3n) is 4.08. The highest BCUT2D eigenvalue weighted by atomic mass is 32.2. The van der Waals surface area contributed by atoms with Crippen LogP contribution in [0.5, 0.6) is 0 Å². The molecule has 21 heavy (non-hydrogen) atoms. The number of hydrogen-bond donors (Lipinski definition) is 0. The van der Waals surface area contributed by atoms with Crippen molar-refractivity contribution >= 4 is 16.8 Å². The summed E-state index contributed by atoms with van der Waals surface area (Å²) in [5.74, 6) is -2.74. The number of aromatic nitrogens is 1. The lowest BCUT2D eigenvalue weighted by molar-refractivity contribution is -0.139. The molecule has 0 bridgehead atoms. The highest BCUT2D eigenvalue weighted by molar-refractivity contribution is 7.82. The molecule has 1 saturated heterocycles. The van der Waals surface area contributed by atoms with E-state index in [4.69, 9.17) is 0 Å². The fraction of sp³-hybridized carbons (Fsp3) is 0.571. The van der Waals surface area contributed by atoms with Crippen LogP contribution in [0.15, 0.2) is 17.0 Å². The van der Waals surface area contributed by atoms with Gasteiger partial charge in [-0.3, -0.25) is 9.78 Å². The maximum atomic E-state index is 13.2. The number of alkyl halides is 2. The van der Waals surface area contributed by atoms with Gasteiger partial charge in [-0.1, -0.05) is 0 Å². The average molecular weight is 314 g/mol. The van der Waals surface area contributed by atoms with Crippen molar-refractivity contribution in [3.63, 3.8) is 0 Å². The van der Waals surface area contributed by atoms with Crippen molar-refractivity contribution in [2.45, 2.75) is 37.5 Å². The van der Waals surface area contributed by atoms with Crippen LogP contribution in [0.2, 0.25) is 0 Å². The number of pyridine rings is 1. The molecule has 0 amide bonds. The van der Waals surface area contributed by atoms with Crippen LogP contribution in [-0.2, 0) is 21.7 Å². The normalized spacial score (nSPS) is 22.8. The minimum atomic E-state index is -3.00. The predicted octanol–water partition coefficient (Wildman–Crippen LogP) is 2.19. The summed E-state index contributed by atoms with van der Waals surface area (Å²) in [6.07, 6.45) is 1.14. The Labute approximate surface area is 124 Å². The third-order valence-corrected chi connectivity index (χ3v) is 5.61. The Balaban J connectivity index is 1.73. The third kappa shape index (κ3) is 2.53. The van der Waals surface area contributed by atoms with Gasteiger partial charge in [0, 0.05) is 38.3 Å². The molecule has 1 aromatic heterocycles. The van der Waals surface area contributed by atoms with Gasteiger partial charge < -0.3 is 0 Å². The van der Waals surface area contributed by atoms with Gasteiger partial charge in [-0.25, -0.2) is 8.51 Å². The second-order valence-electron chi connectivity index (χ2n) is 6.11. The van der Waals surface area contributed by atoms with E-state index in [0.29, 0.717) is 36.5 Å². The Hall–Kier alpha value is -1.21. The molecule has 0 N–H and O–H groups in total. The fourth-order valence-corrected chi connectivity index (χ4v) is 4.49. The summed E-state index contributed by atoms with van der Waals surface area (Å²) < 4.78 is 40.6.